The molecule has 7 heteroatoms. The Morgan fingerprint density at radius 1 is 1.29 bits per heavy atom. The molecule has 1 atom stereocenters. The standard InChI is InChI=1S/C17H28N4O3/c1-13-19-15(11-17(20-13)18-5-9-22-2)16-12-21(6-10-24-16)14-3-7-23-8-4-14/h11,14,16H,3-10,12H2,1-2H3,(H,18,19,20)/t16-/m0/s1. The van der Waals surface area contributed by atoms with E-state index in [1.807, 2.05) is 13.0 Å². The number of hydrogen-bond donors (Lipinski definition) is 1. The molecule has 1 aromatic heterocycles. The van der Waals surface area contributed by atoms with Crippen LogP contribution in [-0.2, 0) is 14.2 Å². The number of aryl methyl sites for hydroxylation is 1. The third-order valence-corrected chi connectivity index (χ3v) is 4.61. The second-order valence-corrected chi connectivity index (χ2v) is 6.34. The van der Waals surface area contributed by atoms with Crippen LogP contribution < -0.4 is 5.32 Å². The predicted octanol–water partition coefficient (Wildman–Crippen LogP) is 1.40. The Labute approximate surface area is 143 Å². The monoisotopic (exact) mass is 336 g/mol. The van der Waals surface area contributed by atoms with Gasteiger partial charge in [0.25, 0.3) is 0 Å². The molecule has 1 N–H and O–H groups in total. The molecule has 0 aromatic carbocycles. The number of anilines is 1. The minimum Gasteiger partial charge on any atom is -0.383 e. The average molecular weight is 336 g/mol. The molecule has 0 aliphatic carbocycles. The van der Waals surface area contributed by atoms with Gasteiger partial charge in [0.05, 0.1) is 18.9 Å². The summed E-state index contributed by atoms with van der Waals surface area (Å²) in [6.07, 6.45) is 2.23. The summed E-state index contributed by atoms with van der Waals surface area (Å²) in [5.74, 6) is 1.60. The number of aromatic nitrogens is 2. The van der Waals surface area contributed by atoms with Crippen molar-refractivity contribution in [3.63, 3.8) is 0 Å². The van der Waals surface area contributed by atoms with Gasteiger partial charge < -0.3 is 19.5 Å². The fourth-order valence-corrected chi connectivity index (χ4v) is 3.36. The topological polar surface area (TPSA) is 68.7 Å². The molecule has 0 saturated carbocycles. The zero-order valence-electron chi connectivity index (χ0n) is 14.7. The van der Waals surface area contributed by atoms with E-state index in [9.17, 15) is 0 Å². The van der Waals surface area contributed by atoms with Crippen molar-refractivity contribution < 1.29 is 14.2 Å². The Kier molecular flexibility index (Phi) is 6.37. The van der Waals surface area contributed by atoms with Gasteiger partial charge >= 0.3 is 0 Å². The first kappa shape index (κ1) is 17.5. The molecule has 2 saturated heterocycles. The summed E-state index contributed by atoms with van der Waals surface area (Å²) in [7, 11) is 1.69. The van der Waals surface area contributed by atoms with Crippen LogP contribution in [-0.4, -0.2) is 74.1 Å². The van der Waals surface area contributed by atoms with E-state index in [1.54, 1.807) is 7.11 Å². The van der Waals surface area contributed by atoms with E-state index in [2.05, 4.69) is 20.2 Å². The van der Waals surface area contributed by atoms with E-state index in [4.69, 9.17) is 14.2 Å². The maximum atomic E-state index is 6.01. The SMILES string of the molecule is COCCNc1cc([C@@H]2CN(C3CCOCC3)CCO2)nc(C)n1. The molecule has 0 unspecified atom stereocenters. The molecule has 0 bridgehead atoms. The van der Waals surface area contributed by atoms with Gasteiger partial charge in [0.1, 0.15) is 17.7 Å². The summed E-state index contributed by atoms with van der Waals surface area (Å²) in [5, 5.41) is 3.28. The predicted molar refractivity (Wildman–Crippen MR) is 91.2 cm³/mol. The normalized spacial score (nSPS) is 23.3. The number of ether oxygens (including phenoxy) is 3. The fourth-order valence-electron chi connectivity index (χ4n) is 3.36. The highest BCUT2D eigenvalue weighted by Gasteiger charge is 2.29. The van der Waals surface area contributed by atoms with Crippen LogP contribution in [0.15, 0.2) is 6.07 Å². The molecule has 2 fully saturated rings. The zero-order valence-corrected chi connectivity index (χ0v) is 14.7. The Morgan fingerprint density at radius 2 is 2.12 bits per heavy atom. The van der Waals surface area contributed by atoms with Crippen molar-refractivity contribution in [1.29, 1.82) is 0 Å². The molecule has 7 nitrogen and oxygen atoms in total. The lowest BCUT2D eigenvalue weighted by Crippen LogP contribution is -2.47. The van der Waals surface area contributed by atoms with Gasteiger partial charge in [0.2, 0.25) is 0 Å². The van der Waals surface area contributed by atoms with Gasteiger partial charge in [0, 0.05) is 52.1 Å². The van der Waals surface area contributed by atoms with Crippen molar-refractivity contribution in [1.82, 2.24) is 14.9 Å². The minimum absolute atomic E-state index is 0.00581. The number of morpholine rings is 1. The van der Waals surface area contributed by atoms with E-state index in [0.29, 0.717) is 12.6 Å². The van der Waals surface area contributed by atoms with Crippen molar-refractivity contribution in [2.24, 2.45) is 0 Å². The van der Waals surface area contributed by atoms with Crippen LogP contribution in [0.4, 0.5) is 5.82 Å². The van der Waals surface area contributed by atoms with Gasteiger partial charge in [-0.05, 0) is 19.8 Å². The first-order chi connectivity index (χ1) is 11.8. The summed E-state index contributed by atoms with van der Waals surface area (Å²) in [5.41, 5.74) is 0.958. The number of hydrogen-bond acceptors (Lipinski definition) is 7. The molecule has 2 aliphatic heterocycles. The van der Waals surface area contributed by atoms with Crippen molar-refractivity contribution in [3.05, 3.63) is 17.6 Å². The number of nitrogens with one attached hydrogen (secondary N) is 1. The van der Waals surface area contributed by atoms with E-state index < -0.39 is 0 Å². The van der Waals surface area contributed by atoms with Crippen LogP contribution in [0.3, 0.4) is 0 Å². The third kappa shape index (κ3) is 4.63. The summed E-state index contributed by atoms with van der Waals surface area (Å²) < 4.78 is 16.6. The van der Waals surface area contributed by atoms with Gasteiger partial charge in [-0.2, -0.15) is 0 Å². The third-order valence-electron chi connectivity index (χ3n) is 4.61. The van der Waals surface area contributed by atoms with Crippen LogP contribution in [0.1, 0.15) is 30.5 Å². The molecule has 0 amide bonds. The van der Waals surface area contributed by atoms with Gasteiger partial charge in [-0.3, -0.25) is 4.90 Å². The van der Waals surface area contributed by atoms with E-state index in [1.165, 1.54) is 0 Å². The molecule has 0 spiro atoms. The van der Waals surface area contributed by atoms with Gasteiger partial charge in [-0.15, -0.1) is 0 Å². The Morgan fingerprint density at radius 3 is 2.92 bits per heavy atom. The molecular weight excluding hydrogens is 308 g/mol. The smallest absolute Gasteiger partial charge is 0.130 e. The molecular formula is C17H28N4O3. The van der Waals surface area contributed by atoms with Gasteiger partial charge in [-0.1, -0.05) is 0 Å². The average Bonchev–Trinajstić information content (AvgIpc) is 2.62. The molecule has 0 radical (unpaired) electrons. The first-order valence-corrected chi connectivity index (χ1v) is 8.78. The van der Waals surface area contributed by atoms with Crippen molar-refractivity contribution in [3.8, 4) is 0 Å². The highest BCUT2D eigenvalue weighted by molar-refractivity contribution is 5.36. The van der Waals surface area contributed by atoms with Crippen LogP contribution in [0, 0.1) is 6.92 Å². The largest absolute Gasteiger partial charge is 0.383 e. The minimum atomic E-state index is 0.00581. The van der Waals surface area contributed by atoms with Crippen molar-refractivity contribution in [2.45, 2.75) is 31.9 Å². The second kappa shape index (κ2) is 8.71. The van der Waals surface area contributed by atoms with E-state index in [0.717, 1.165) is 69.6 Å². The first-order valence-electron chi connectivity index (χ1n) is 8.78. The van der Waals surface area contributed by atoms with Crippen molar-refractivity contribution in [2.75, 3.05) is 58.5 Å². The maximum absolute atomic E-state index is 6.01. The molecule has 3 heterocycles. The summed E-state index contributed by atoms with van der Waals surface area (Å²) in [6.45, 7) is 7.66. The second-order valence-electron chi connectivity index (χ2n) is 6.34. The van der Waals surface area contributed by atoms with Gasteiger partial charge in [-0.25, -0.2) is 9.97 Å². The lowest BCUT2D eigenvalue weighted by Gasteiger charge is -2.39. The van der Waals surface area contributed by atoms with E-state index in [-0.39, 0.29) is 6.10 Å². The fraction of sp³-hybridized carbons (Fsp3) is 0.765. The Balaban J connectivity index is 1.65. The van der Waals surface area contributed by atoms with Crippen LogP contribution >= 0.6 is 0 Å². The van der Waals surface area contributed by atoms with Crippen LogP contribution in [0.25, 0.3) is 0 Å². The van der Waals surface area contributed by atoms with Crippen LogP contribution in [0.2, 0.25) is 0 Å². The zero-order chi connectivity index (χ0) is 16.8. The summed E-state index contributed by atoms with van der Waals surface area (Å²) in [4.78, 5) is 11.6. The highest BCUT2D eigenvalue weighted by Crippen LogP contribution is 2.26. The molecule has 1 aromatic rings. The lowest BCUT2D eigenvalue weighted by molar-refractivity contribution is -0.0647. The quantitative estimate of drug-likeness (QED) is 0.787. The lowest BCUT2D eigenvalue weighted by atomic mass is 10.0. The Hall–Kier alpha value is -1.28. The molecule has 3 rings (SSSR count). The van der Waals surface area contributed by atoms with Crippen molar-refractivity contribution >= 4 is 5.82 Å². The van der Waals surface area contributed by atoms with E-state index >= 15 is 0 Å². The molecule has 24 heavy (non-hydrogen) atoms. The van der Waals surface area contributed by atoms with Crippen LogP contribution in [0.5, 0.6) is 0 Å². The highest BCUT2D eigenvalue weighted by atomic mass is 16.5. The van der Waals surface area contributed by atoms with Gasteiger partial charge in [0.15, 0.2) is 0 Å². The number of methoxy groups -OCH3 is 1. The number of rotatable bonds is 6. The Bertz CT molecular complexity index is 523. The number of nitrogens with zero attached hydrogens (tertiary/aromatic N) is 3. The molecule has 2 aliphatic rings. The maximum Gasteiger partial charge on any atom is 0.130 e. The summed E-state index contributed by atoms with van der Waals surface area (Å²) in [6, 6.07) is 2.60. The molecule has 134 valence electrons. The summed E-state index contributed by atoms with van der Waals surface area (Å²) >= 11 is 0.